The Morgan fingerprint density at radius 2 is 1.61 bits per heavy atom. The first-order chi connectivity index (χ1) is 10.6. The van der Waals surface area contributed by atoms with Crippen molar-refractivity contribution in [1.82, 2.24) is 5.32 Å². The van der Waals surface area contributed by atoms with E-state index in [1.54, 1.807) is 0 Å². The van der Waals surface area contributed by atoms with Crippen molar-refractivity contribution in [2.24, 2.45) is 0 Å². The molecule has 1 aliphatic heterocycles. The summed E-state index contributed by atoms with van der Waals surface area (Å²) in [6, 6.07) is 4.28. The Morgan fingerprint density at radius 3 is 2.04 bits per heavy atom. The Balaban J connectivity index is 2.41. The molecule has 1 heterocycles. The number of likely N-dealkylation sites (N-methyl/N-ethyl adjacent to an activating group) is 1. The highest BCUT2D eigenvalue weighted by molar-refractivity contribution is 9.10. The normalized spacial score (nSPS) is 20.2. The molecule has 0 aliphatic carbocycles. The lowest BCUT2D eigenvalue weighted by atomic mass is 9.76. The lowest BCUT2D eigenvalue weighted by molar-refractivity contribution is 0.00578. The van der Waals surface area contributed by atoms with Crippen LogP contribution in [0.4, 0.5) is 0 Å². The van der Waals surface area contributed by atoms with Crippen molar-refractivity contribution in [3.8, 4) is 0 Å². The van der Waals surface area contributed by atoms with Gasteiger partial charge in [0, 0.05) is 11.0 Å². The molecule has 1 aromatic rings. The van der Waals surface area contributed by atoms with Crippen LogP contribution in [-0.4, -0.2) is 31.9 Å². The summed E-state index contributed by atoms with van der Waals surface area (Å²) in [5, 5.41) is 3.23. The van der Waals surface area contributed by atoms with Gasteiger partial charge in [0.1, 0.15) is 0 Å². The number of benzene rings is 1. The van der Waals surface area contributed by atoms with E-state index in [1.165, 1.54) is 16.7 Å². The molecule has 0 unspecified atom stereocenters. The maximum absolute atomic E-state index is 6.21. The van der Waals surface area contributed by atoms with Gasteiger partial charge < -0.3 is 14.6 Å². The smallest absolute Gasteiger partial charge is 0.400 e. The molecule has 0 saturated carbocycles. The van der Waals surface area contributed by atoms with Gasteiger partial charge in [-0.2, -0.15) is 0 Å². The van der Waals surface area contributed by atoms with Gasteiger partial charge in [0.25, 0.3) is 0 Å². The van der Waals surface area contributed by atoms with Crippen LogP contribution < -0.4 is 5.32 Å². The van der Waals surface area contributed by atoms with E-state index in [9.17, 15) is 0 Å². The standard InChI is InChI=1S/C18H27BBrNO2/c1-12-8-15(20)9-13(2)16(12)10-14(11-21-7)19-22-17(3,4)18(5,6)23-19/h8-10,21H,11H2,1-7H3. The number of nitrogens with one attached hydrogen (secondary N) is 1. The minimum atomic E-state index is -0.325. The number of halogens is 1. The molecule has 1 saturated heterocycles. The monoisotopic (exact) mass is 379 g/mol. The number of aryl methyl sites for hydroxylation is 2. The highest BCUT2D eigenvalue weighted by Gasteiger charge is 2.52. The fourth-order valence-corrected chi connectivity index (χ4v) is 3.42. The van der Waals surface area contributed by atoms with Crippen LogP contribution in [-0.2, 0) is 9.31 Å². The van der Waals surface area contributed by atoms with Crippen LogP contribution >= 0.6 is 15.9 Å². The largest absolute Gasteiger partial charge is 0.491 e. The maximum atomic E-state index is 6.21. The zero-order valence-corrected chi connectivity index (χ0v) is 16.8. The average molecular weight is 380 g/mol. The first kappa shape index (κ1) is 18.7. The molecule has 0 bridgehead atoms. The number of rotatable bonds is 4. The SMILES string of the molecule is CNCC(=Cc1c(C)cc(Br)cc1C)B1OC(C)(C)C(C)(C)O1. The van der Waals surface area contributed by atoms with E-state index in [1.807, 2.05) is 7.05 Å². The van der Waals surface area contributed by atoms with E-state index < -0.39 is 0 Å². The van der Waals surface area contributed by atoms with Crippen LogP contribution in [0.5, 0.6) is 0 Å². The summed E-state index contributed by atoms with van der Waals surface area (Å²) in [5.74, 6) is 0. The summed E-state index contributed by atoms with van der Waals surface area (Å²) in [6.07, 6.45) is 2.20. The first-order valence-electron chi connectivity index (χ1n) is 8.05. The summed E-state index contributed by atoms with van der Waals surface area (Å²) >= 11 is 3.56. The van der Waals surface area contributed by atoms with Crippen molar-refractivity contribution in [3.63, 3.8) is 0 Å². The molecule has 5 heteroatoms. The van der Waals surface area contributed by atoms with Gasteiger partial charge in [0.05, 0.1) is 11.2 Å². The van der Waals surface area contributed by atoms with Gasteiger partial charge in [-0.15, -0.1) is 0 Å². The molecule has 23 heavy (non-hydrogen) atoms. The van der Waals surface area contributed by atoms with Crippen LogP contribution in [0.3, 0.4) is 0 Å². The van der Waals surface area contributed by atoms with Crippen molar-refractivity contribution >= 4 is 29.1 Å². The molecule has 0 atom stereocenters. The van der Waals surface area contributed by atoms with Crippen molar-refractivity contribution < 1.29 is 9.31 Å². The first-order valence-corrected chi connectivity index (χ1v) is 8.84. The molecule has 0 spiro atoms. The van der Waals surface area contributed by atoms with Crippen LogP contribution in [0, 0.1) is 13.8 Å². The Kier molecular flexibility index (Phi) is 5.46. The van der Waals surface area contributed by atoms with E-state index >= 15 is 0 Å². The Hall–Kier alpha value is -0.615. The maximum Gasteiger partial charge on any atom is 0.491 e. The minimum absolute atomic E-state index is 0.324. The lowest BCUT2D eigenvalue weighted by Gasteiger charge is -2.32. The van der Waals surface area contributed by atoms with E-state index in [2.05, 4.69) is 81.0 Å². The second-order valence-corrected chi connectivity index (χ2v) is 8.21. The zero-order chi connectivity index (χ0) is 17.4. The van der Waals surface area contributed by atoms with Crippen LogP contribution in [0.2, 0.25) is 0 Å². The molecule has 1 aliphatic rings. The Bertz CT molecular complexity index is 586. The van der Waals surface area contributed by atoms with Gasteiger partial charge in [-0.3, -0.25) is 0 Å². The minimum Gasteiger partial charge on any atom is -0.400 e. The predicted molar refractivity (Wildman–Crippen MR) is 102 cm³/mol. The molecular formula is C18H27BBrNO2. The van der Waals surface area contributed by atoms with E-state index in [-0.39, 0.29) is 18.3 Å². The predicted octanol–water partition coefficient (Wildman–Crippen LogP) is 4.30. The van der Waals surface area contributed by atoms with Gasteiger partial charge >= 0.3 is 7.12 Å². The third kappa shape index (κ3) is 3.90. The lowest BCUT2D eigenvalue weighted by Crippen LogP contribution is -2.41. The third-order valence-corrected chi connectivity index (χ3v) is 5.28. The van der Waals surface area contributed by atoms with E-state index in [0.29, 0.717) is 0 Å². The summed E-state index contributed by atoms with van der Waals surface area (Å²) < 4.78 is 13.5. The molecular weight excluding hydrogens is 353 g/mol. The van der Waals surface area contributed by atoms with E-state index in [4.69, 9.17) is 9.31 Å². The van der Waals surface area contributed by atoms with Crippen LogP contribution in [0.25, 0.3) is 6.08 Å². The van der Waals surface area contributed by atoms with Gasteiger partial charge in [0.15, 0.2) is 0 Å². The number of hydrogen-bond acceptors (Lipinski definition) is 3. The van der Waals surface area contributed by atoms with Crippen molar-refractivity contribution in [1.29, 1.82) is 0 Å². The van der Waals surface area contributed by atoms with Crippen molar-refractivity contribution in [2.45, 2.75) is 52.7 Å². The van der Waals surface area contributed by atoms with Crippen LogP contribution in [0.15, 0.2) is 22.1 Å². The highest BCUT2D eigenvalue weighted by Crippen LogP contribution is 2.39. The Morgan fingerprint density at radius 1 is 1.13 bits per heavy atom. The van der Waals surface area contributed by atoms with Crippen LogP contribution in [0.1, 0.15) is 44.4 Å². The molecule has 0 amide bonds. The van der Waals surface area contributed by atoms with Gasteiger partial charge in [-0.05, 0) is 82.9 Å². The molecule has 3 nitrogen and oxygen atoms in total. The summed E-state index contributed by atoms with van der Waals surface area (Å²) in [5.41, 5.74) is 4.17. The zero-order valence-electron chi connectivity index (χ0n) is 15.2. The fraction of sp³-hybridized carbons (Fsp3) is 0.556. The second-order valence-electron chi connectivity index (χ2n) is 7.29. The molecule has 0 radical (unpaired) electrons. The fourth-order valence-electron chi connectivity index (χ4n) is 2.74. The van der Waals surface area contributed by atoms with Gasteiger partial charge in [-0.25, -0.2) is 0 Å². The topological polar surface area (TPSA) is 30.5 Å². The average Bonchev–Trinajstić information content (AvgIpc) is 2.61. The molecule has 1 aromatic carbocycles. The van der Waals surface area contributed by atoms with Crippen molar-refractivity contribution in [3.05, 3.63) is 38.8 Å². The number of hydrogen-bond donors (Lipinski definition) is 1. The molecule has 0 aromatic heterocycles. The second kappa shape index (κ2) is 6.71. The Labute approximate surface area is 149 Å². The third-order valence-electron chi connectivity index (χ3n) is 4.83. The summed E-state index contributed by atoms with van der Waals surface area (Å²) in [4.78, 5) is 0. The molecule has 2 rings (SSSR count). The van der Waals surface area contributed by atoms with Crippen molar-refractivity contribution in [2.75, 3.05) is 13.6 Å². The molecule has 1 N–H and O–H groups in total. The highest BCUT2D eigenvalue weighted by atomic mass is 79.9. The molecule has 126 valence electrons. The van der Waals surface area contributed by atoms with E-state index in [0.717, 1.165) is 16.5 Å². The summed E-state index contributed by atoms with van der Waals surface area (Å²) in [6.45, 7) is 13.3. The quantitative estimate of drug-likeness (QED) is 0.791. The molecule has 1 fully saturated rings. The van der Waals surface area contributed by atoms with Gasteiger partial charge in [0.2, 0.25) is 0 Å². The summed E-state index contributed by atoms with van der Waals surface area (Å²) in [7, 11) is 1.62. The van der Waals surface area contributed by atoms with Gasteiger partial charge in [-0.1, -0.05) is 22.0 Å².